The van der Waals surface area contributed by atoms with Crippen LogP contribution in [0.5, 0.6) is 11.6 Å². The van der Waals surface area contributed by atoms with E-state index in [-0.39, 0.29) is 17.3 Å². The number of halogens is 1. The molecule has 1 heterocycles. The third kappa shape index (κ3) is 3.16. The largest absolute Gasteiger partial charge is 0.436 e. The van der Waals surface area contributed by atoms with E-state index in [9.17, 15) is 14.5 Å². The third-order valence-corrected chi connectivity index (χ3v) is 2.34. The van der Waals surface area contributed by atoms with E-state index in [1.807, 2.05) is 6.92 Å². The number of nitro benzene ring substituents is 1. The Morgan fingerprint density at radius 3 is 2.85 bits per heavy atom. The van der Waals surface area contributed by atoms with Crippen molar-refractivity contribution >= 4 is 11.5 Å². The summed E-state index contributed by atoms with van der Waals surface area (Å²) in [6.45, 7) is 2.57. The molecule has 0 saturated carbocycles. The van der Waals surface area contributed by atoms with Gasteiger partial charge in [-0.3, -0.25) is 10.1 Å². The zero-order valence-corrected chi connectivity index (χ0v) is 10.5. The van der Waals surface area contributed by atoms with Gasteiger partial charge in [-0.15, -0.1) is 0 Å². The van der Waals surface area contributed by atoms with E-state index in [4.69, 9.17) is 4.74 Å². The lowest BCUT2D eigenvalue weighted by Crippen LogP contribution is -2.00. The number of benzene rings is 1. The van der Waals surface area contributed by atoms with Crippen molar-refractivity contribution in [3.05, 3.63) is 46.5 Å². The van der Waals surface area contributed by atoms with Crippen molar-refractivity contribution in [3.63, 3.8) is 0 Å². The number of ether oxygens (including phenoxy) is 1. The predicted octanol–water partition coefficient (Wildman–Crippen LogP) is 2.75. The number of nitrogens with zero attached hydrogens (tertiary/aromatic N) is 3. The fraction of sp³-hybridized carbons (Fsp3) is 0.167. The van der Waals surface area contributed by atoms with E-state index in [2.05, 4.69) is 15.3 Å². The molecule has 0 aliphatic heterocycles. The molecule has 1 N–H and O–H groups in total. The molecule has 2 rings (SSSR count). The summed E-state index contributed by atoms with van der Waals surface area (Å²) in [4.78, 5) is 17.6. The Morgan fingerprint density at radius 2 is 2.20 bits per heavy atom. The highest BCUT2D eigenvalue weighted by Crippen LogP contribution is 2.26. The van der Waals surface area contributed by atoms with Gasteiger partial charge in [0, 0.05) is 18.7 Å². The first-order valence-electron chi connectivity index (χ1n) is 5.78. The van der Waals surface area contributed by atoms with Crippen LogP contribution >= 0.6 is 0 Å². The maximum atomic E-state index is 13.7. The molecule has 0 fully saturated rings. The highest BCUT2D eigenvalue weighted by atomic mass is 19.1. The fourth-order valence-electron chi connectivity index (χ4n) is 1.47. The van der Waals surface area contributed by atoms with Gasteiger partial charge in [-0.2, -0.15) is 0 Å². The smallest absolute Gasteiger partial charge is 0.272 e. The standard InChI is InChI=1S/C12H11FN4O3/c1-2-14-11-6-12(16-7-15-11)20-10-4-3-8(17(18)19)5-9(10)13/h3-7H,2H2,1H3,(H,14,15,16). The van der Waals surface area contributed by atoms with E-state index in [1.54, 1.807) is 0 Å². The molecule has 0 bridgehead atoms. The Hall–Kier alpha value is -2.77. The van der Waals surface area contributed by atoms with Gasteiger partial charge in [-0.1, -0.05) is 0 Å². The van der Waals surface area contributed by atoms with Crippen LogP contribution in [0.15, 0.2) is 30.6 Å². The minimum atomic E-state index is -0.831. The first-order valence-corrected chi connectivity index (χ1v) is 5.78. The summed E-state index contributed by atoms with van der Waals surface area (Å²) in [5.74, 6) is -0.289. The number of hydrogen-bond donors (Lipinski definition) is 1. The van der Waals surface area contributed by atoms with Gasteiger partial charge in [0.1, 0.15) is 12.1 Å². The van der Waals surface area contributed by atoms with Crippen molar-refractivity contribution in [3.8, 4) is 11.6 Å². The quantitative estimate of drug-likeness (QED) is 0.668. The van der Waals surface area contributed by atoms with Crippen molar-refractivity contribution in [1.29, 1.82) is 0 Å². The van der Waals surface area contributed by atoms with E-state index < -0.39 is 10.7 Å². The number of rotatable bonds is 5. The molecule has 0 amide bonds. The predicted molar refractivity (Wildman–Crippen MR) is 69.3 cm³/mol. The summed E-state index contributed by atoms with van der Waals surface area (Å²) in [6, 6.07) is 4.64. The van der Waals surface area contributed by atoms with Gasteiger partial charge in [0.25, 0.3) is 5.69 Å². The van der Waals surface area contributed by atoms with Crippen LogP contribution in [0.3, 0.4) is 0 Å². The van der Waals surface area contributed by atoms with E-state index >= 15 is 0 Å². The molecule has 0 unspecified atom stereocenters. The second-order valence-corrected chi connectivity index (χ2v) is 3.75. The van der Waals surface area contributed by atoms with Crippen molar-refractivity contribution in [1.82, 2.24) is 9.97 Å². The van der Waals surface area contributed by atoms with Gasteiger partial charge >= 0.3 is 0 Å². The van der Waals surface area contributed by atoms with Crippen LogP contribution in [0.4, 0.5) is 15.9 Å². The molecular weight excluding hydrogens is 267 g/mol. The van der Waals surface area contributed by atoms with E-state index in [0.29, 0.717) is 12.4 Å². The van der Waals surface area contributed by atoms with Crippen molar-refractivity contribution < 1.29 is 14.1 Å². The van der Waals surface area contributed by atoms with Gasteiger partial charge in [0.15, 0.2) is 11.6 Å². The lowest BCUT2D eigenvalue weighted by Gasteiger charge is -2.07. The lowest BCUT2D eigenvalue weighted by atomic mass is 10.3. The molecule has 0 spiro atoms. The number of aromatic nitrogens is 2. The first-order chi connectivity index (χ1) is 9.60. The number of nitro groups is 1. The molecule has 2 aromatic rings. The van der Waals surface area contributed by atoms with Crippen molar-refractivity contribution in [2.45, 2.75) is 6.92 Å². The minimum absolute atomic E-state index is 0.142. The Labute approximate surface area is 113 Å². The Morgan fingerprint density at radius 1 is 1.40 bits per heavy atom. The average molecular weight is 278 g/mol. The first kappa shape index (κ1) is 13.7. The van der Waals surface area contributed by atoms with Gasteiger partial charge < -0.3 is 10.1 Å². The number of nitrogens with one attached hydrogen (secondary N) is 1. The molecule has 0 atom stereocenters. The summed E-state index contributed by atoms with van der Waals surface area (Å²) in [7, 11) is 0. The molecule has 0 radical (unpaired) electrons. The van der Waals surface area contributed by atoms with Crippen LogP contribution in [0, 0.1) is 15.9 Å². The van der Waals surface area contributed by atoms with Crippen molar-refractivity contribution in [2.24, 2.45) is 0 Å². The summed E-state index contributed by atoms with van der Waals surface area (Å²) >= 11 is 0. The average Bonchev–Trinajstić information content (AvgIpc) is 2.42. The second kappa shape index (κ2) is 5.91. The van der Waals surface area contributed by atoms with Gasteiger partial charge in [-0.25, -0.2) is 14.4 Å². The van der Waals surface area contributed by atoms with E-state index in [1.165, 1.54) is 18.5 Å². The van der Waals surface area contributed by atoms with Gasteiger partial charge in [-0.05, 0) is 13.0 Å². The highest BCUT2D eigenvalue weighted by Gasteiger charge is 2.12. The van der Waals surface area contributed by atoms with Crippen LogP contribution in [0.25, 0.3) is 0 Å². The lowest BCUT2D eigenvalue weighted by molar-refractivity contribution is -0.385. The molecule has 0 aliphatic carbocycles. The number of non-ortho nitro benzene ring substituents is 1. The number of anilines is 1. The molecule has 1 aromatic heterocycles. The maximum Gasteiger partial charge on any atom is 0.272 e. The Balaban J connectivity index is 2.21. The minimum Gasteiger partial charge on any atom is -0.436 e. The summed E-state index contributed by atoms with van der Waals surface area (Å²) in [5, 5.41) is 13.5. The van der Waals surface area contributed by atoms with Crippen LogP contribution in [-0.2, 0) is 0 Å². The highest BCUT2D eigenvalue weighted by molar-refractivity contribution is 5.41. The Kier molecular flexibility index (Phi) is 4.04. The molecule has 0 saturated heterocycles. The number of hydrogen-bond acceptors (Lipinski definition) is 6. The molecule has 7 nitrogen and oxygen atoms in total. The van der Waals surface area contributed by atoms with Crippen LogP contribution in [0.1, 0.15) is 6.92 Å². The monoisotopic (exact) mass is 278 g/mol. The van der Waals surface area contributed by atoms with Crippen LogP contribution in [-0.4, -0.2) is 21.4 Å². The molecule has 0 aliphatic rings. The molecule has 20 heavy (non-hydrogen) atoms. The van der Waals surface area contributed by atoms with Gasteiger partial charge in [0.2, 0.25) is 5.88 Å². The fourth-order valence-corrected chi connectivity index (χ4v) is 1.47. The van der Waals surface area contributed by atoms with Crippen LogP contribution in [0.2, 0.25) is 0 Å². The molecule has 8 heteroatoms. The molecular formula is C12H11FN4O3. The van der Waals surface area contributed by atoms with Crippen molar-refractivity contribution in [2.75, 3.05) is 11.9 Å². The zero-order chi connectivity index (χ0) is 14.5. The van der Waals surface area contributed by atoms with Gasteiger partial charge in [0.05, 0.1) is 11.0 Å². The summed E-state index contributed by atoms with van der Waals surface area (Å²) in [6.07, 6.45) is 1.27. The SMILES string of the molecule is CCNc1cc(Oc2ccc([N+](=O)[O-])cc2F)ncn1. The summed E-state index contributed by atoms with van der Waals surface area (Å²) in [5.41, 5.74) is -0.342. The van der Waals surface area contributed by atoms with Crippen LogP contribution < -0.4 is 10.1 Å². The molecule has 104 valence electrons. The Bertz CT molecular complexity index is 636. The molecule has 1 aromatic carbocycles. The maximum absolute atomic E-state index is 13.7. The normalized spacial score (nSPS) is 10.1. The summed E-state index contributed by atoms with van der Waals surface area (Å²) < 4.78 is 18.9. The second-order valence-electron chi connectivity index (χ2n) is 3.75. The van der Waals surface area contributed by atoms with E-state index in [0.717, 1.165) is 12.1 Å². The third-order valence-electron chi connectivity index (χ3n) is 2.34. The zero-order valence-electron chi connectivity index (χ0n) is 10.5. The topological polar surface area (TPSA) is 90.2 Å².